The van der Waals surface area contributed by atoms with Crippen LogP contribution in [-0.4, -0.2) is 16.2 Å². The van der Waals surface area contributed by atoms with Crippen molar-refractivity contribution in [2.45, 2.75) is 18.4 Å². The molecule has 4 nitrogen and oxygen atoms in total. The molecule has 1 aliphatic heterocycles. The topological polar surface area (TPSA) is 66.8 Å². The molecular weight excluding hydrogens is 304 g/mol. The van der Waals surface area contributed by atoms with E-state index in [4.69, 9.17) is 4.74 Å². The summed E-state index contributed by atoms with van der Waals surface area (Å²) in [5.41, 5.74) is 2.01. The van der Waals surface area contributed by atoms with Crippen LogP contribution in [0.1, 0.15) is 34.3 Å². The lowest BCUT2D eigenvalue weighted by Gasteiger charge is -2.33. The fourth-order valence-corrected chi connectivity index (χ4v) is 3.47. The maximum atomic E-state index is 12.5. The van der Waals surface area contributed by atoms with Crippen molar-refractivity contribution >= 4 is 5.97 Å². The Hall–Kier alpha value is -3.01. The molecule has 24 heavy (non-hydrogen) atoms. The molecule has 2 N–H and O–H groups in total. The van der Waals surface area contributed by atoms with Gasteiger partial charge in [-0.2, -0.15) is 0 Å². The molecule has 0 spiro atoms. The molecule has 2 aromatic rings. The fraction of sp³-hybridized carbons (Fsp3) is 0.150. The molecule has 2 aliphatic rings. The summed E-state index contributed by atoms with van der Waals surface area (Å²) < 4.78 is 5.92. The summed E-state index contributed by atoms with van der Waals surface area (Å²) in [4.78, 5) is 12.5. The highest BCUT2D eigenvalue weighted by atomic mass is 16.6. The number of aliphatic hydroxyl groups is 1. The van der Waals surface area contributed by atoms with Crippen LogP contribution in [0.4, 0.5) is 0 Å². The van der Waals surface area contributed by atoms with Gasteiger partial charge in [-0.25, -0.2) is 4.79 Å². The number of hydrogen-bond donors (Lipinski definition) is 2. The number of allylic oxidation sites excluding steroid dienone is 3. The predicted molar refractivity (Wildman–Crippen MR) is 88.8 cm³/mol. The van der Waals surface area contributed by atoms with E-state index < -0.39 is 5.60 Å². The van der Waals surface area contributed by atoms with Gasteiger partial charge in [0, 0.05) is 17.5 Å². The van der Waals surface area contributed by atoms with Crippen molar-refractivity contribution < 1.29 is 19.7 Å². The minimum absolute atomic E-state index is 0.154. The fourth-order valence-electron chi connectivity index (χ4n) is 3.47. The summed E-state index contributed by atoms with van der Waals surface area (Å²) in [5.74, 6) is 0.109. The molecule has 1 heterocycles. The Balaban J connectivity index is 1.99. The van der Waals surface area contributed by atoms with E-state index in [1.165, 1.54) is 0 Å². The lowest BCUT2D eigenvalue weighted by Crippen LogP contribution is -2.31. The average Bonchev–Trinajstić information content (AvgIpc) is 2.91. The first-order valence-corrected chi connectivity index (χ1v) is 7.83. The number of rotatable bonds is 2. The first-order chi connectivity index (χ1) is 11.6. The van der Waals surface area contributed by atoms with Gasteiger partial charge in [0.15, 0.2) is 5.60 Å². The van der Waals surface area contributed by atoms with Crippen molar-refractivity contribution in [3.63, 3.8) is 0 Å². The van der Waals surface area contributed by atoms with E-state index in [9.17, 15) is 15.0 Å². The lowest BCUT2D eigenvalue weighted by molar-refractivity contribution is 0.0227. The van der Waals surface area contributed by atoms with Crippen molar-refractivity contribution in [3.05, 3.63) is 88.7 Å². The third-order valence-electron chi connectivity index (χ3n) is 4.63. The van der Waals surface area contributed by atoms with E-state index in [1.54, 1.807) is 36.4 Å². The van der Waals surface area contributed by atoms with Crippen LogP contribution < -0.4 is 0 Å². The van der Waals surface area contributed by atoms with Gasteiger partial charge in [-0.3, -0.25) is 0 Å². The highest BCUT2D eigenvalue weighted by molar-refractivity contribution is 5.96. The van der Waals surface area contributed by atoms with Crippen molar-refractivity contribution in [1.82, 2.24) is 0 Å². The van der Waals surface area contributed by atoms with E-state index in [-0.39, 0.29) is 11.7 Å². The largest absolute Gasteiger partial charge is 0.512 e. The molecule has 0 amide bonds. The summed E-state index contributed by atoms with van der Waals surface area (Å²) in [6.07, 6.45) is 4.56. The average molecular weight is 320 g/mol. The van der Waals surface area contributed by atoms with Crippen LogP contribution in [0.2, 0.25) is 0 Å². The second-order valence-electron chi connectivity index (χ2n) is 6.01. The number of carbonyl (C=O) groups excluding carboxylic acids is 1. The van der Waals surface area contributed by atoms with Crippen molar-refractivity contribution in [3.8, 4) is 5.75 Å². The van der Waals surface area contributed by atoms with E-state index in [1.807, 2.05) is 24.3 Å². The maximum absolute atomic E-state index is 12.5. The van der Waals surface area contributed by atoms with Gasteiger partial charge in [0.1, 0.15) is 5.75 Å². The Labute approximate surface area is 139 Å². The standard InChI is InChI=1S/C20H16O4/c21-15-9-5-13(6-10-15)20(14-7-11-16(22)12-8-14)18-4-2-1-3-17(18)19(23)24-20/h1-7,9-11,21-22H,8,12H2. The van der Waals surface area contributed by atoms with Crippen molar-refractivity contribution in [2.24, 2.45) is 0 Å². The van der Waals surface area contributed by atoms with Crippen LogP contribution >= 0.6 is 0 Å². The Morgan fingerprint density at radius 2 is 1.67 bits per heavy atom. The number of aromatic hydroxyl groups is 1. The summed E-state index contributed by atoms with van der Waals surface area (Å²) >= 11 is 0. The number of phenolic OH excluding ortho intramolecular Hbond substituents is 1. The predicted octanol–water partition coefficient (Wildman–Crippen LogP) is 3.97. The Kier molecular flexibility index (Phi) is 3.20. The van der Waals surface area contributed by atoms with E-state index in [0.717, 1.165) is 16.7 Å². The molecule has 0 bridgehead atoms. The van der Waals surface area contributed by atoms with Crippen molar-refractivity contribution in [1.29, 1.82) is 0 Å². The second-order valence-corrected chi connectivity index (χ2v) is 6.01. The van der Waals surface area contributed by atoms with Gasteiger partial charge >= 0.3 is 5.97 Å². The van der Waals surface area contributed by atoms with Crippen LogP contribution in [0.15, 0.2) is 72.0 Å². The number of benzene rings is 2. The molecule has 0 aromatic heterocycles. The molecule has 4 rings (SSSR count). The van der Waals surface area contributed by atoms with Gasteiger partial charge in [0.2, 0.25) is 0 Å². The van der Waals surface area contributed by atoms with Crippen LogP contribution in [0, 0.1) is 0 Å². The molecule has 2 aromatic carbocycles. The van der Waals surface area contributed by atoms with Gasteiger partial charge in [0.25, 0.3) is 0 Å². The lowest BCUT2D eigenvalue weighted by atomic mass is 9.76. The molecule has 1 aliphatic carbocycles. The second kappa shape index (κ2) is 5.27. The highest BCUT2D eigenvalue weighted by Crippen LogP contribution is 2.49. The zero-order chi connectivity index (χ0) is 16.7. The molecule has 1 atom stereocenters. The first-order valence-electron chi connectivity index (χ1n) is 7.83. The summed E-state index contributed by atoms with van der Waals surface area (Å²) in [5, 5.41) is 19.3. The molecule has 0 fully saturated rings. The number of esters is 1. The monoisotopic (exact) mass is 320 g/mol. The molecular formula is C20H16O4. The van der Waals surface area contributed by atoms with Crippen LogP contribution in [0.25, 0.3) is 0 Å². The Bertz CT molecular complexity index is 877. The number of hydrogen-bond acceptors (Lipinski definition) is 4. The number of cyclic esters (lactones) is 1. The number of fused-ring (bicyclic) bond motifs is 1. The Morgan fingerprint density at radius 3 is 2.38 bits per heavy atom. The van der Waals surface area contributed by atoms with Crippen LogP contribution in [0.3, 0.4) is 0 Å². The molecule has 1 unspecified atom stereocenters. The molecule has 0 saturated carbocycles. The molecule has 4 heteroatoms. The van der Waals surface area contributed by atoms with Gasteiger partial charge in [-0.15, -0.1) is 0 Å². The van der Waals surface area contributed by atoms with Gasteiger partial charge in [-0.1, -0.05) is 36.4 Å². The number of ether oxygens (including phenoxy) is 1. The zero-order valence-corrected chi connectivity index (χ0v) is 12.9. The third kappa shape index (κ3) is 2.03. The van der Waals surface area contributed by atoms with Gasteiger partial charge in [0.05, 0.1) is 11.3 Å². The molecule has 0 saturated heterocycles. The Morgan fingerprint density at radius 1 is 0.917 bits per heavy atom. The van der Waals surface area contributed by atoms with E-state index in [2.05, 4.69) is 0 Å². The third-order valence-corrected chi connectivity index (χ3v) is 4.63. The highest BCUT2D eigenvalue weighted by Gasteiger charge is 2.49. The smallest absolute Gasteiger partial charge is 0.340 e. The van der Waals surface area contributed by atoms with E-state index >= 15 is 0 Å². The number of carbonyl (C=O) groups is 1. The number of aliphatic hydroxyl groups excluding tert-OH is 1. The van der Waals surface area contributed by atoms with Crippen LogP contribution in [-0.2, 0) is 10.3 Å². The zero-order valence-electron chi connectivity index (χ0n) is 12.9. The number of phenols is 1. The molecule has 0 radical (unpaired) electrons. The minimum Gasteiger partial charge on any atom is -0.512 e. The van der Waals surface area contributed by atoms with Crippen LogP contribution in [0.5, 0.6) is 5.75 Å². The van der Waals surface area contributed by atoms with Crippen molar-refractivity contribution in [2.75, 3.05) is 0 Å². The van der Waals surface area contributed by atoms with E-state index in [0.29, 0.717) is 24.2 Å². The molecule has 120 valence electrons. The quantitative estimate of drug-likeness (QED) is 0.822. The minimum atomic E-state index is -1.02. The SMILES string of the molecule is O=C1OC(C2=CC=C(O)CC2)(c2ccc(O)cc2)c2ccccc21. The maximum Gasteiger partial charge on any atom is 0.340 e. The summed E-state index contributed by atoms with van der Waals surface area (Å²) in [6, 6.07) is 14.1. The van der Waals surface area contributed by atoms with Gasteiger partial charge in [-0.05, 0) is 36.3 Å². The normalized spacial score (nSPS) is 22.4. The van der Waals surface area contributed by atoms with Gasteiger partial charge < -0.3 is 14.9 Å². The summed E-state index contributed by atoms with van der Waals surface area (Å²) in [6.45, 7) is 0. The first kappa shape index (κ1) is 14.6. The summed E-state index contributed by atoms with van der Waals surface area (Å²) in [7, 11) is 0.